The summed E-state index contributed by atoms with van der Waals surface area (Å²) in [7, 11) is 2.05. The lowest BCUT2D eigenvalue weighted by atomic mass is 10.1. The molecule has 0 saturated heterocycles. The van der Waals surface area contributed by atoms with Crippen LogP contribution in [0.15, 0.2) is 18.2 Å². The number of nitriles is 1. The molecule has 0 heterocycles. The van der Waals surface area contributed by atoms with Gasteiger partial charge in [0.25, 0.3) is 0 Å². The van der Waals surface area contributed by atoms with Gasteiger partial charge in [0.15, 0.2) is 0 Å². The number of hydrogen-bond acceptors (Lipinski definition) is 2. The van der Waals surface area contributed by atoms with Crippen molar-refractivity contribution in [1.29, 1.82) is 5.26 Å². The zero-order valence-corrected chi connectivity index (χ0v) is 10.8. The van der Waals surface area contributed by atoms with Gasteiger partial charge in [-0.3, -0.25) is 0 Å². The fourth-order valence-corrected chi connectivity index (χ4v) is 1.75. The Morgan fingerprint density at radius 3 is 2.69 bits per heavy atom. The van der Waals surface area contributed by atoms with Gasteiger partial charge < -0.3 is 4.90 Å². The monoisotopic (exact) mass is 236 g/mol. The molecule has 0 spiro atoms. The largest absolute Gasteiger partial charge is 0.374 e. The first-order valence-corrected chi connectivity index (χ1v) is 5.87. The standard InChI is InChI=1S/C13H17ClN2/c1-4-10(2)9-16(3)12-6-5-11(8-15)13(14)7-12/h5-7,10H,4,9H2,1-3H3. The van der Waals surface area contributed by atoms with Crippen LogP contribution >= 0.6 is 11.6 Å². The maximum Gasteiger partial charge on any atom is 0.101 e. The minimum Gasteiger partial charge on any atom is -0.374 e. The molecule has 0 aliphatic rings. The summed E-state index contributed by atoms with van der Waals surface area (Å²) in [5.41, 5.74) is 1.59. The molecule has 86 valence electrons. The molecule has 1 atom stereocenters. The molecule has 2 nitrogen and oxygen atoms in total. The smallest absolute Gasteiger partial charge is 0.101 e. The van der Waals surface area contributed by atoms with Crippen molar-refractivity contribution in [3.8, 4) is 6.07 Å². The molecule has 0 N–H and O–H groups in total. The van der Waals surface area contributed by atoms with E-state index in [2.05, 4.69) is 24.8 Å². The third-order valence-corrected chi connectivity index (χ3v) is 3.11. The number of nitrogens with zero attached hydrogens (tertiary/aromatic N) is 2. The molecule has 0 amide bonds. The molecule has 0 aromatic heterocycles. The quantitative estimate of drug-likeness (QED) is 0.797. The highest BCUT2D eigenvalue weighted by molar-refractivity contribution is 6.32. The van der Waals surface area contributed by atoms with E-state index in [0.717, 1.165) is 18.7 Å². The van der Waals surface area contributed by atoms with Gasteiger partial charge in [0.1, 0.15) is 6.07 Å². The molecule has 1 unspecified atom stereocenters. The van der Waals surface area contributed by atoms with E-state index in [1.165, 1.54) is 0 Å². The molecule has 3 heteroatoms. The number of hydrogen-bond donors (Lipinski definition) is 0. The van der Waals surface area contributed by atoms with Gasteiger partial charge in [0, 0.05) is 19.3 Å². The van der Waals surface area contributed by atoms with E-state index in [1.807, 2.05) is 19.2 Å². The lowest BCUT2D eigenvalue weighted by molar-refractivity contribution is 0.560. The Labute approximate surface area is 102 Å². The van der Waals surface area contributed by atoms with Crippen LogP contribution in [-0.2, 0) is 0 Å². The third-order valence-electron chi connectivity index (χ3n) is 2.80. The van der Waals surface area contributed by atoms with E-state index in [4.69, 9.17) is 16.9 Å². The van der Waals surface area contributed by atoms with Gasteiger partial charge >= 0.3 is 0 Å². The first kappa shape index (κ1) is 12.9. The van der Waals surface area contributed by atoms with Gasteiger partial charge in [-0.2, -0.15) is 5.26 Å². The first-order chi connectivity index (χ1) is 7.58. The van der Waals surface area contributed by atoms with Crippen molar-refractivity contribution >= 4 is 17.3 Å². The molecule has 0 fully saturated rings. The molecule has 0 bridgehead atoms. The van der Waals surface area contributed by atoms with Crippen LogP contribution in [0.25, 0.3) is 0 Å². The molecule has 0 aliphatic heterocycles. The van der Waals surface area contributed by atoms with Crippen molar-refractivity contribution in [1.82, 2.24) is 0 Å². The van der Waals surface area contributed by atoms with Gasteiger partial charge in [0.05, 0.1) is 10.6 Å². The zero-order valence-electron chi connectivity index (χ0n) is 10.00. The number of rotatable bonds is 4. The van der Waals surface area contributed by atoms with E-state index in [1.54, 1.807) is 6.07 Å². The highest BCUT2D eigenvalue weighted by Gasteiger charge is 2.07. The van der Waals surface area contributed by atoms with Crippen LogP contribution in [0.2, 0.25) is 5.02 Å². The molecule has 0 radical (unpaired) electrons. The molecule has 16 heavy (non-hydrogen) atoms. The highest BCUT2D eigenvalue weighted by Crippen LogP contribution is 2.23. The van der Waals surface area contributed by atoms with E-state index < -0.39 is 0 Å². The van der Waals surface area contributed by atoms with Crippen molar-refractivity contribution in [2.45, 2.75) is 20.3 Å². The summed E-state index contributed by atoms with van der Waals surface area (Å²) in [6, 6.07) is 7.62. The summed E-state index contributed by atoms with van der Waals surface area (Å²) in [6.07, 6.45) is 1.16. The topological polar surface area (TPSA) is 27.0 Å². The Morgan fingerprint density at radius 2 is 2.19 bits per heavy atom. The van der Waals surface area contributed by atoms with Crippen LogP contribution in [0.3, 0.4) is 0 Å². The summed E-state index contributed by atoms with van der Waals surface area (Å²) >= 11 is 5.99. The number of halogens is 1. The molecule has 0 saturated carbocycles. The van der Waals surface area contributed by atoms with Crippen LogP contribution in [0.4, 0.5) is 5.69 Å². The van der Waals surface area contributed by atoms with Crippen LogP contribution in [0.1, 0.15) is 25.8 Å². The molecular formula is C13H17ClN2. The minimum atomic E-state index is 0.524. The number of benzene rings is 1. The summed E-state index contributed by atoms with van der Waals surface area (Å²) in [5.74, 6) is 0.652. The van der Waals surface area contributed by atoms with Gasteiger partial charge in [0.2, 0.25) is 0 Å². The first-order valence-electron chi connectivity index (χ1n) is 5.49. The summed E-state index contributed by atoms with van der Waals surface area (Å²) < 4.78 is 0. The van der Waals surface area contributed by atoms with Crippen LogP contribution in [0, 0.1) is 17.2 Å². The predicted octanol–water partition coefficient (Wildman–Crippen LogP) is 3.69. The average Bonchev–Trinajstić information content (AvgIpc) is 2.28. The van der Waals surface area contributed by atoms with E-state index >= 15 is 0 Å². The Kier molecular flexibility index (Phi) is 4.64. The van der Waals surface area contributed by atoms with Crippen molar-refractivity contribution in [3.63, 3.8) is 0 Å². The summed E-state index contributed by atoms with van der Waals surface area (Å²) in [5, 5.41) is 9.31. The van der Waals surface area contributed by atoms with Crippen molar-refractivity contribution < 1.29 is 0 Å². The van der Waals surface area contributed by atoms with E-state index in [-0.39, 0.29) is 0 Å². The Balaban J connectivity index is 2.81. The van der Waals surface area contributed by atoms with Crippen LogP contribution < -0.4 is 4.90 Å². The fraction of sp³-hybridized carbons (Fsp3) is 0.462. The second-order valence-corrected chi connectivity index (χ2v) is 4.58. The van der Waals surface area contributed by atoms with Gasteiger partial charge in [-0.25, -0.2) is 0 Å². The zero-order chi connectivity index (χ0) is 12.1. The van der Waals surface area contributed by atoms with Gasteiger partial charge in [-0.1, -0.05) is 31.9 Å². The van der Waals surface area contributed by atoms with E-state index in [0.29, 0.717) is 16.5 Å². The van der Waals surface area contributed by atoms with Gasteiger partial charge in [-0.15, -0.1) is 0 Å². The SMILES string of the molecule is CCC(C)CN(C)c1ccc(C#N)c(Cl)c1. The maximum absolute atomic E-state index is 8.78. The predicted molar refractivity (Wildman–Crippen MR) is 68.9 cm³/mol. The molecule has 0 aliphatic carbocycles. The highest BCUT2D eigenvalue weighted by atomic mass is 35.5. The summed E-state index contributed by atoms with van der Waals surface area (Å²) in [6.45, 7) is 5.41. The van der Waals surface area contributed by atoms with E-state index in [9.17, 15) is 0 Å². The average molecular weight is 237 g/mol. The normalized spacial score (nSPS) is 11.9. The maximum atomic E-state index is 8.78. The Morgan fingerprint density at radius 1 is 1.50 bits per heavy atom. The third kappa shape index (κ3) is 3.15. The Bertz CT molecular complexity index is 395. The molecule has 1 aromatic carbocycles. The molecule has 1 rings (SSSR count). The van der Waals surface area contributed by atoms with Gasteiger partial charge in [-0.05, 0) is 24.1 Å². The lowest BCUT2D eigenvalue weighted by Gasteiger charge is -2.23. The van der Waals surface area contributed by atoms with Crippen molar-refractivity contribution in [3.05, 3.63) is 28.8 Å². The van der Waals surface area contributed by atoms with Crippen molar-refractivity contribution in [2.75, 3.05) is 18.5 Å². The second-order valence-electron chi connectivity index (χ2n) is 4.17. The van der Waals surface area contributed by atoms with Crippen molar-refractivity contribution in [2.24, 2.45) is 5.92 Å². The minimum absolute atomic E-state index is 0.524. The van der Waals surface area contributed by atoms with Crippen LogP contribution in [0.5, 0.6) is 0 Å². The second kappa shape index (κ2) is 5.77. The molecule has 1 aromatic rings. The van der Waals surface area contributed by atoms with Crippen LogP contribution in [-0.4, -0.2) is 13.6 Å². The summed E-state index contributed by atoms with van der Waals surface area (Å²) in [4.78, 5) is 2.17. The fourth-order valence-electron chi connectivity index (χ4n) is 1.53. The lowest BCUT2D eigenvalue weighted by Crippen LogP contribution is -2.23. The molecular weight excluding hydrogens is 220 g/mol. The Hall–Kier alpha value is -1.20. The number of anilines is 1.